The van der Waals surface area contributed by atoms with E-state index in [9.17, 15) is 0 Å². The highest BCUT2D eigenvalue weighted by atomic mass is 16.5. The van der Waals surface area contributed by atoms with Gasteiger partial charge in [-0.1, -0.05) is 13.3 Å². The van der Waals surface area contributed by atoms with Gasteiger partial charge in [-0.3, -0.25) is 15.3 Å². The third kappa shape index (κ3) is 6.18. The summed E-state index contributed by atoms with van der Waals surface area (Å²) in [5, 5.41) is 3.30. The Labute approximate surface area is 110 Å². The Hall–Kier alpha value is -0.850. The maximum atomic E-state index is 5.46. The summed E-state index contributed by atoms with van der Waals surface area (Å²) in [6, 6.07) is 0.319. The molecule has 0 spiro atoms. The number of nitrogens with one attached hydrogen (secondary N) is 2. The second-order valence-electron chi connectivity index (χ2n) is 4.69. The Morgan fingerprint density at radius 3 is 2.78 bits per heavy atom. The van der Waals surface area contributed by atoms with Crippen molar-refractivity contribution >= 4 is 5.96 Å². The fourth-order valence-corrected chi connectivity index (χ4v) is 1.93. The zero-order chi connectivity index (χ0) is 13.2. The third-order valence-electron chi connectivity index (χ3n) is 2.94. The van der Waals surface area contributed by atoms with Crippen LogP contribution in [0.5, 0.6) is 0 Å². The first-order valence-corrected chi connectivity index (χ1v) is 6.84. The van der Waals surface area contributed by atoms with Gasteiger partial charge < -0.3 is 10.1 Å². The molecule has 106 valence electrons. The van der Waals surface area contributed by atoms with Crippen LogP contribution in [0.4, 0.5) is 0 Å². The molecule has 1 aliphatic heterocycles. The van der Waals surface area contributed by atoms with Crippen molar-refractivity contribution in [3.8, 4) is 0 Å². The summed E-state index contributed by atoms with van der Waals surface area (Å²) in [6.07, 6.45) is 2.23. The minimum absolute atomic E-state index is 0.319. The topological polar surface area (TPSA) is 74.9 Å². The summed E-state index contributed by atoms with van der Waals surface area (Å²) >= 11 is 0. The van der Waals surface area contributed by atoms with E-state index in [0.29, 0.717) is 12.0 Å². The van der Waals surface area contributed by atoms with E-state index >= 15 is 0 Å². The molecule has 1 saturated heterocycles. The number of nitrogens with zero attached hydrogens (tertiary/aromatic N) is 2. The largest absolute Gasteiger partial charge is 0.379 e. The predicted octanol–water partition coefficient (Wildman–Crippen LogP) is -0.0839. The number of hydrogen-bond donors (Lipinski definition) is 3. The Morgan fingerprint density at radius 1 is 1.44 bits per heavy atom. The number of guanidine groups is 1. The molecule has 1 heterocycles. The first kappa shape index (κ1) is 15.2. The van der Waals surface area contributed by atoms with E-state index < -0.39 is 0 Å². The summed E-state index contributed by atoms with van der Waals surface area (Å²) in [5.74, 6) is 6.14. The average molecular weight is 257 g/mol. The number of aliphatic imine (C=N–C) groups is 1. The molecule has 6 heteroatoms. The Morgan fingerprint density at radius 2 is 2.17 bits per heavy atom. The zero-order valence-corrected chi connectivity index (χ0v) is 11.6. The van der Waals surface area contributed by atoms with Crippen LogP contribution >= 0.6 is 0 Å². The molecule has 1 aliphatic rings. The van der Waals surface area contributed by atoms with Gasteiger partial charge in [0.15, 0.2) is 0 Å². The van der Waals surface area contributed by atoms with E-state index in [0.717, 1.165) is 52.2 Å². The maximum Gasteiger partial charge on any atom is 0.205 e. The summed E-state index contributed by atoms with van der Waals surface area (Å²) in [6.45, 7) is 9.76. The van der Waals surface area contributed by atoms with Crippen LogP contribution in [0.1, 0.15) is 26.7 Å². The molecule has 1 rings (SSSR count). The fraction of sp³-hybridized carbons (Fsp3) is 0.917. The minimum Gasteiger partial charge on any atom is -0.379 e. The van der Waals surface area contributed by atoms with Crippen LogP contribution in [0.3, 0.4) is 0 Å². The molecule has 0 aromatic carbocycles. The molecule has 0 aromatic heterocycles. The summed E-state index contributed by atoms with van der Waals surface area (Å²) < 4.78 is 5.33. The molecule has 0 aromatic rings. The van der Waals surface area contributed by atoms with Crippen molar-refractivity contribution in [2.75, 3.05) is 39.4 Å². The lowest BCUT2D eigenvalue weighted by atomic mass is 10.3. The lowest BCUT2D eigenvalue weighted by Gasteiger charge is -2.29. The molecule has 1 unspecified atom stereocenters. The number of hydrazine groups is 1. The van der Waals surface area contributed by atoms with Crippen LogP contribution in [0.2, 0.25) is 0 Å². The standard InChI is InChI=1S/C12H27N5O/c1-3-4-5-14-12(16-13)15-11(2)10-17-6-8-18-9-7-17/h11H,3-10,13H2,1-2H3,(H2,14,15,16). The highest BCUT2D eigenvalue weighted by molar-refractivity contribution is 5.79. The number of morpholine rings is 1. The highest BCUT2D eigenvalue weighted by Gasteiger charge is 2.14. The SMILES string of the molecule is CCCCN=C(NN)NC(C)CN1CCOCC1. The normalized spacial score (nSPS) is 19.6. The van der Waals surface area contributed by atoms with Gasteiger partial charge in [0.1, 0.15) is 0 Å². The van der Waals surface area contributed by atoms with Crippen molar-refractivity contribution in [1.82, 2.24) is 15.6 Å². The molecular formula is C12H27N5O. The number of nitrogens with two attached hydrogens (primary N) is 1. The molecule has 0 aliphatic carbocycles. The predicted molar refractivity (Wildman–Crippen MR) is 74.4 cm³/mol. The van der Waals surface area contributed by atoms with Crippen molar-refractivity contribution in [2.45, 2.75) is 32.7 Å². The summed E-state index contributed by atoms with van der Waals surface area (Å²) in [4.78, 5) is 6.78. The van der Waals surface area contributed by atoms with E-state index in [1.54, 1.807) is 0 Å². The van der Waals surface area contributed by atoms with Gasteiger partial charge in [0.05, 0.1) is 13.2 Å². The van der Waals surface area contributed by atoms with Gasteiger partial charge >= 0.3 is 0 Å². The van der Waals surface area contributed by atoms with Crippen molar-refractivity contribution in [2.24, 2.45) is 10.8 Å². The smallest absolute Gasteiger partial charge is 0.205 e. The number of rotatable bonds is 6. The summed E-state index contributed by atoms with van der Waals surface area (Å²) in [5.41, 5.74) is 2.62. The van der Waals surface area contributed by atoms with Crippen molar-refractivity contribution in [3.05, 3.63) is 0 Å². The van der Waals surface area contributed by atoms with Crippen LogP contribution in [-0.4, -0.2) is 56.3 Å². The van der Waals surface area contributed by atoms with Crippen molar-refractivity contribution < 1.29 is 4.74 Å². The monoisotopic (exact) mass is 257 g/mol. The molecule has 6 nitrogen and oxygen atoms in total. The van der Waals surface area contributed by atoms with E-state index in [1.807, 2.05) is 0 Å². The number of unbranched alkanes of at least 4 members (excludes halogenated alkanes) is 1. The van der Waals surface area contributed by atoms with Gasteiger partial charge in [0, 0.05) is 32.2 Å². The van der Waals surface area contributed by atoms with Gasteiger partial charge in [0.2, 0.25) is 5.96 Å². The quantitative estimate of drug-likeness (QED) is 0.204. The first-order chi connectivity index (χ1) is 8.76. The molecule has 18 heavy (non-hydrogen) atoms. The van der Waals surface area contributed by atoms with Crippen LogP contribution in [0.15, 0.2) is 4.99 Å². The van der Waals surface area contributed by atoms with Crippen LogP contribution in [0, 0.1) is 0 Å². The van der Waals surface area contributed by atoms with Crippen LogP contribution in [-0.2, 0) is 4.74 Å². The second-order valence-corrected chi connectivity index (χ2v) is 4.69. The Kier molecular flexibility index (Phi) is 7.71. The molecule has 0 bridgehead atoms. The minimum atomic E-state index is 0.319. The summed E-state index contributed by atoms with van der Waals surface area (Å²) in [7, 11) is 0. The lowest BCUT2D eigenvalue weighted by Crippen LogP contribution is -2.50. The molecule has 1 fully saturated rings. The molecular weight excluding hydrogens is 230 g/mol. The Balaban J connectivity index is 2.27. The van der Waals surface area contributed by atoms with Crippen molar-refractivity contribution in [1.29, 1.82) is 0 Å². The van der Waals surface area contributed by atoms with Crippen LogP contribution in [0.25, 0.3) is 0 Å². The molecule has 0 radical (unpaired) electrons. The van der Waals surface area contributed by atoms with Gasteiger partial charge in [-0.15, -0.1) is 0 Å². The van der Waals surface area contributed by atoms with Gasteiger partial charge in [0.25, 0.3) is 0 Å². The van der Waals surface area contributed by atoms with E-state index in [1.165, 1.54) is 0 Å². The maximum absolute atomic E-state index is 5.46. The fourth-order valence-electron chi connectivity index (χ4n) is 1.93. The number of ether oxygens (including phenoxy) is 1. The average Bonchev–Trinajstić information content (AvgIpc) is 2.39. The highest BCUT2D eigenvalue weighted by Crippen LogP contribution is 1.98. The third-order valence-corrected chi connectivity index (χ3v) is 2.94. The lowest BCUT2D eigenvalue weighted by molar-refractivity contribution is 0.0352. The second kappa shape index (κ2) is 9.13. The van der Waals surface area contributed by atoms with Gasteiger partial charge in [-0.05, 0) is 13.3 Å². The van der Waals surface area contributed by atoms with Gasteiger partial charge in [-0.25, -0.2) is 5.84 Å². The van der Waals surface area contributed by atoms with Crippen molar-refractivity contribution in [3.63, 3.8) is 0 Å². The zero-order valence-electron chi connectivity index (χ0n) is 11.6. The van der Waals surface area contributed by atoms with Crippen LogP contribution < -0.4 is 16.6 Å². The number of hydrogen-bond acceptors (Lipinski definition) is 4. The molecule has 4 N–H and O–H groups in total. The Bertz CT molecular complexity index is 241. The molecule has 1 atom stereocenters. The van der Waals surface area contributed by atoms with E-state index in [2.05, 4.69) is 34.5 Å². The van der Waals surface area contributed by atoms with E-state index in [-0.39, 0.29) is 0 Å². The van der Waals surface area contributed by atoms with Gasteiger partial charge in [-0.2, -0.15) is 0 Å². The van der Waals surface area contributed by atoms with E-state index in [4.69, 9.17) is 10.6 Å². The first-order valence-electron chi connectivity index (χ1n) is 6.84. The molecule has 0 saturated carbocycles. The molecule has 0 amide bonds.